The highest BCUT2D eigenvalue weighted by Crippen LogP contribution is 2.47. The SMILES string of the molecule is CC(C)(C)OC(=O)CCN1C(=O)CSC1c1cccc2c1OCO2. The van der Waals surface area contributed by atoms with Crippen molar-refractivity contribution in [3.63, 3.8) is 0 Å². The molecule has 0 aliphatic carbocycles. The van der Waals surface area contributed by atoms with Crippen molar-refractivity contribution in [2.24, 2.45) is 0 Å². The monoisotopic (exact) mass is 351 g/mol. The second-order valence-corrected chi connectivity index (χ2v) is 7.74. The van der Waals surface area contributed by atoms with Crippen molar-refractivity contribution in [3.05, 3.63) is 23.8 Å². The minimum atomic E-state index is -0.522. The van der Waals surface area contributed by atoms with Gasteiger partial charge in [-0.1, -0.05) is 12.1 Å². The number of rotatable bonds is 4. The van der Waals surface area contributed by atoms with Crippen molar-refractivity contribution in [3.8, 4) is 11.5 Å². The quantitative estimate of drug-likeness (QED) is 0.777. The van der Waals surface area contributed by atoms with Gasteiger partial charge < -0.3 is 19.1 Å². The second-order valence-electron chi connectivity index (χ2n) is 6.67. The maximum Gasteiger partial charge on any atom is 0.308 e. The third kappa shape index (κ3) is 3.61. The first-order valence-electron chi connectivity index (χ1n) is 7.86. The normalized spacial score (nSPS) is 19.7. The molecule has 1 unspecified atom stereocenters. The zero-order valence-electron chi connectivity index (χ0n) is 14.0. The molecule has 0 aromatic heterocycles. The molecule has 0 saturated carbocycles. The van der Waals surface area contributed by atoms with E-state index in [1.165, 1.54) is 11.8 Å². The highest BCUT2D eigenvalue weighted by atomic mass is 32.2. The van der Waals surface area contributed by atoms with Crippen molar-refractivity contribution in [2.75, 3.05) is 19.1 Å². The summed E-state index contributed by atoms with van der Waals surface area (Å²) in [7, 11) is 0. The third-order valence-corrected chi connectivity index (χ3v) is 4.88. The van der Waals surface area contributed by atoms with Gasteiger partial charge in [0, 0.05) is 12.1 Å². The molecule has 6 nitrogen and oxygen atoms in total. The summed E-state index contributed by atoms with van der Waals surface area (Å²) in [5.41, 5.74) is 0.385. The number of thioether (sulfide) groups is 1. The first-order valence-corrected chi connectivity index (χ1v) is 8.91. The summed E-state index contributed by atoms with van der Waals surface area (Å²) in [5, 5.41) is -0.170. The van der Waals surface area contributed by atoms with Crippen LogP contribution >= 0.6 is 11.8 Å². The van der Waals surface area contributed by atoms with Gasteiger partial charge in [0.2, 0.25) is 12.7 Å². The predicted molar refractivity (Wildman–Crippen MR) is 89.9 cm³/mol. The van der Waals surface area contributed by atoms with Crippen molar-refractivity contribution in [2.45, 2.75) is 38.2 Å². The van der Waals surface area contributed by atoms with Crippen molar-refractivity contribution in [1.29, 1.82) is 0 Å². The van der Waals surface area contributed by atoms with Crippen molar-refractivity contribution in [1.82, 2.24) is 4.90 Å². The molecule has 1 amide bonds. The Morgan fingerprint density at radius 3 is 2.92 bits per heavy atom. The standard InChI is InChI=1S/C17H21NO5S/c1-17(2,3)23-14(20)7-8-18-13(19)9-24-16(18)11-5-4-6-12-15(11)22-10-21-12/h4-6,16H,7-10H2,1-3H3. The van der Waals surface area contributed by atoms with Gasteiger partial charge in [-0.25, -0.2) is 0 Å². The Labute approximate surface area is 145 Å². The average molecular weight is 351 g/mol. The Bertz CT molecular complexity index is 655. The van der Waals surface area contributed by atoms with E-state index >= 15 is 0 Å². The molecular formula is C17H21NO5S. The number of para-hydroxylation sites is 1. The molecule has 2 aliphatic rings. The summed E-state index contributed by atoms with van der Waals surface area (Å²) in [6.07, 6.45) is 0.173. The first-order chi connectivity index (χ1) is 11.3. The lowest BCUT2D eigenvalue weighted by Gasteiger charge is -2.25. The fourth-order valence-corrected chi connectivity index (χ4v) is 3.94. The summed E-state index contributed by atoms with van der Waals surface area (Å²) >= 11 is 1.53. The fraction of sp³-hybridized carbons (Fsp3) is 0.529. The van der Waals surface area contributed by atoms with E-state index in [1.807, 2.05) is 39.0 Å². The Hall–Kier alpha value is -1.89. The number of esters is 1. The summed E-state index contributed by atoms with van der Waals surface area (Å²) in [6, 6.07) is 5.67. The molecule has 1 fully saturated rings. The first kappa shape index (κ1) is 17.0. The van der Waals surface area contributed by atoms with Gasteiger partial charge in [-0.05, 0) is 26.8 Å². The number of hydrogen-bond acceptors (Lipinski definition) is 6. The van der Waals surface area contributed by atoms with E-state index in [0.29, 0.717) is 23.8 Å². The number of carbonyl (C=O) groups excluding carboxylic acids is 2. The van der Waals surface area contributed by atoms with E-state index in [0.717, 1.165) is 5.56 Å². The highest BCUT2D eigenvalue weighted by Gasteiger charge is 2.36. The van der Waals surface area contributed by atoms with Crippen LogP contribution in [-0.2, 0) is 14.3 Å². The van der Waals surface area contributed by atoms with Crippen LogP contribution in [0.2, 0.25) is 0 Å². The molecule has 7 heteroatoms. The lowest BCUT2D eigenvalue weighted by Crippen LogP contribution is -2.32. The maximum absolute atomic E-state index is 12.2. The minimum Gasteiger partial charge on any atom is -0.460 e. The summed E-state index contributed by atoms with van der Waals surface area (Å²) in [6.45, 7) is 6.01. The number of amides is 1. The number of hydrogen-bond donors (Lipinski definition) is 0. The van der Waals surface area contributed by atoms with Crippen LogP contribution in [0.3, 0.4) is 0 Å². The lowest BCUT2D eigenvalue weighted by atomic mass is 10.1. The van der Waals surface area contributed by atoms with Crippen LogP contribution in [0, 0.1) is 0 Å². The molecular weight excluding hydrogens is 330 g/mol. The molecule has 1 aromatic carbocycles. The lowest BCUT2D eigenvalue weighted by molar-refractivity contribution is -0.155. The Morgan fingerprint density at radius 2 is 2.17 bits per heavy atom. The highest BCUT2D eigenvalue weighted by molar-refractivity contribution is 8.00. The van der Waals surface area contributed by atoms with Crippen LogP contribution in [0.4, 0.5) is 0 Å². The van der Waals surface area contributed by atoms with E-state index < -0.39 is 5.60 Å². The van der Waals surface area contributed by atoms with Gasteiger partial charge in [0.15, 0.2) is 11.5 Å². The summed E-state index contributed by atoms with van der Waals surface area (Å²) in [4.78, 5) is 25.9. The van der Waals surface area contributed by atoms with Crippen molar-refractivity contribution < 1.29 is 23.8 Å². The zero-order chi connectivity index (χ0) is 17.3. The van der Waals surface area contributed by atoms with Gasteiger partial charge in [0.05, 0.1) is 12.2 Å². The van der Waals surface area contributed by atoms with Crippen molar-refractivity contribution >= 4 is 23.6 Å². The van der Waals surface area contributed by atoms with Gasteiger partial charge in [-0.2, -0.15) is 0 Å². The predicted octanol–water partition coefficient (Wildman–Crippen LogP) is 2.72. The fourth-order valence-electron chi connectivity index (χ4n) is 2.71. The molecule has 130 valence electrons. The third-order valence-electron chi connectivity index (χ3n) is 3.64. The minimum absolute atomic E-state index is 0.0186. The summed E-state index contributed by atoms with van der Waals surface area (Å²) < 4.78 is 16.3. The van der Waals surface area contributed by atoms with E-state index in [-0.39, 0.29) is 30.5 Å². The van der Waals surface area contributed by atoms with Gasteiger partial charge in [0.1, 0.15) is 11.0 Å². The van der Waals surface area contributed by atoms with Crippen LogP contribution in [0.25, 0.3) is 0 Å². The van der Waals surface area contributed by atoms with Gasteiger partial charge in [-0.3, -0.25) is 9.59 Å². The average Bonchev–Trinajstić information content (AvgIpc) is 3.09. The van der Waals surface area contributed by atoms with E-state index in [9.17, 15) is 9.59 Å². The topological polar surface area (TPSA) is 65.1 Å². The van der Waals surface area contributed by atoms with E-state index in [4.69, 9.17) is 14.2 Å². The number of fused-ring (bicyclic) bond motifs is 1. The second kappa shape index (κ2) is 6.55. The zero-order valence-corrected chi connectivity index (χ0v) is 14.9. The van der Waals surface area contributed by atoms with Crippen LogP contribution in [0.15, 0.2) is 18.2 Å². The van der Waals surface area contributed by atoms with Gasteiger partial charge in [0.25, 0.3) is 0 Å². The molecule has 3 rings (SSSR count). The molecule has 24 heavy (non-hydrogen) atoms. The smallest absolute Gasteiger partial charge is 0.308 e. The summed E-state index contributed by atoms with van der Waals surface area (Å²) in [5.74, 6) is 1.49. The Kier molecular flexibility index (Phi) is 4.62. The van der Waals surface area contributed by atoms with Crippen LogP contribution in [0.1, 0.15) is 38.1 Å². The van der Waals surface area contributed by atoms with E-state index in [2.05, 4.69) is 0 Å². The maximum atomic E-state index is 12.2. The largest absolute Gasteiger partial charge is 0.460 e. The molecule has 1 atom stereocenters. The Balaban J connectivity index is 1.71. The van der Waals surface area contributed by atoms with Crippen LogP contribution < -0.4 is 9.47 Å². The van der Waals surface area contributed by atoms with Crippen LogP contribution in [-0.4, -0.2) is 41.5 Å². The number of benzene rings is 1. The van der Waals surface area contributed by atoms with Crippen LogP contribution in [0.5, 0.6) is 11.5 Å². The van der Waals surface area contributed by atoms with E-state index in [1.54, 1.807) is 4.90 Å². The molecule has 0 bridgehead atoms. The number of carbonyl (C=O) groups is 2. The molecule has 2 aliphatic heterocycles. The number of nitrogens with zero attached hydrogens (tertiary/aromatic N) is 1. The molecule has 0 N–H and O–H groups in total. The Morgan fingerprint density at radius 1 is 1.38 bits per heavy atom. The van der Waals surface area contributed by atoms with Gasteiger partial charge >= 0.3 is 5.97 Å². The number of ether oxygens (including phenoxy) is 3. The molecule has 0 spiro atoms. The molecule has 2 heterocycles. The molecule has 1 aromatic rings. The molecule has 1 saturated heterocycles. The van der Waals surface area contributed by atoms with Gasteiger partial charge in [-0.15, -0.1) is 11.8 Å². The molecule has 0 radical (unpaired) electrons.